The first-order valence-electron chi connectivity index (χ1n) is 9.96. The van der Waals surface area contributed by atoms with Gasteiger partial charge in [0.25, 0.3) is 0 Å². The zero-order chi connectivity index (χ0) is 18.2. The number of rotatable bonds is 2. The SMILES string of the molecule is COc1ccc2[nH]c3c(c2c1)CCN1[C@@H](c2ccc(C)o2)N2CCC31CC2. The number of H-pyrrole nitrogens is 1. The van der Waals surface area contributed by atoms with E-state index in [0.717, 1.165) is 43.3 Å². The van der Waals surface area contributed by atoms with E-state index in [2.05, 4.69) is 45.1 Å². The summed E-state index contributed by atoms with van der Waals surface area (Å²) >= 11 is 0. The van der Waals surface area contributed by atoms with Crippen molar-refractivity contribution in [3.8, 4) is 5.75 Å². The molecule has 2 bridgehead atoms. The number of ether oxygens (including phenoxy) is 1. The molecule has 3 fully saturated rings. The van der Waals surface area contributed by atoms with Crippen molar-refractivity contribution in [3.63, 3.8) is 0 Å². The number of methoxy groups -OCH3 is 1. The first kappa shape index (κ1) is 15.8. The number of aromatic amines is 1. The molecule has 4 aliphatic heterocycles. The standard InChI is InChI=1S/C22H25N3O2/c1-14-3-6-19(27-14)21-24-11-8-22(9-12-24)20-16(7-10-25(21)22)17-13-15(26-2)4-5-18(17)23-20/h3-6,13,21,23H,7-12H2,1-2H3/t21-/m0/s1. The number of nitrogens with zero attached hydrogens (tertiary/aromatic N) is 2. The van der Waals surface area contributed by atoms with Crippen molar-refractivity contribution in [3.05, 3.63) is 53.1 Å². The number of fused-ring (bicyclic) bond motifs is 5. The second-order valence-electron chi connectivity index (χ2n) is 8.22. The summed E-state index contributed by atoms with van der Waals surface area (Å²) < 4.78 is 11.6. The van der Waals surface area contributed by atoms with Crippen molar-refractivity contribution >= 4 is 10.9 Å². The van der Waals surface area contributed by atoms with Crippen molar-refractivity contribution < 1.29 is 9.15 Å². The van der Waals surface area contributed by atoms with Crippen LogP contribution in [0.2, 0.25) is 0 Å². The topological polar surface area (TPSA) is 44.6 Å². The molecule has 3 saturated heterocycles. The third-order valence-electron chi connectivity index (χ3n) is 7.01. The van der Waals surface area contributed by atoms with E-state index in [9.17, 15) is 0 Å². The van der Waals surface area contributed by atoms with E-state index in [1.54, 1.807) is 7.11 Å². The second-order valence-corrected chi connectivity index (χ2v) is 8.22. The molecule has 7 rings (SSSR count). The highest BCUT2D eigenvalue weighted by Gasteiger charge is 2.55. The highest BCUT2D eigenvalue weighted by atomic mass is 16.5. The van der Waals surface area contributed by atoms with Crippen LogP contribution >= 0.6 is 0 Å². The molecule has 1 atom stereocenters. The molecule has 6 heterocycles. The third-order valence-corrected chi connectivity index (χ3v) is 7.01. The molecule has 1 spiro atoms. The molecule has 3 aromatic rings. The van der Waals surface area contributed by atoms with Crippen LogP contribution in [0.4, 0.5) is 0 Å². The zero-order valence-corrected chi connectivity index (χ0v) is 15.9. The van der Waals surface area contributed by atoms with Gasteiger partial charge in [-0.2, -0.15) is 0 Å². The summed E-state index contributed by atoms with van der Waals surface area (Å²) in [4.78, 5) is 9.11. The first-order valence-corrected chi connectivity index (χ1v) is 9.96. The molecule has 1 aromatic carbocycles. The van der Waals surface area contributed by atoms with Crippen LogP contribution in [0.5, 0.6) is 5.75 Å². The van der Waals surface area contributed by atoms with Gasteiger partial charge >= 0.3 is 0 Å². The number of aryl methyl sites for hydroxylation is 1. The highest BCUT2D eigenvalue weighted by molar-refractivity contribution is 5.87. The summed E-state index contributed by atoms with van der Waals surface area (Å²) in [6.07, 6.45) is 3.68. The van der Waals surface area contributed by atoms with Gasteiger partial charge in [0.15, 0.2) is 0 Å². The largest absolute Gasteiger partial charge is 0.497 e. The molecule has 1 N–H and O–H groups in total. The molecule has 0 saturated carbocycles. The maximum absolute atomic E-state index is 6.09. The summed E-state index contributed by atoms with van der Waals surface area (Å²) in [5.74, 6) is 3.03. The summed E-state index contributed by atoms with van der Waals surface area (Å²) in [5.41, 5.74) is 4.25. The van der Waals surface area contributed by atoms with Crippen LogP contribution in [0.15, 0.2) is 34.7 Å². The quantitative estimate of drug-likeness (QED) is 0.749. The van der Waals surface area contributed by atoms with Gasteiger partial charge in [-0.1, -0.05) is 0 Å². The van der Waals surface area contributed by atoms with E-state index in [4.69, 9.17) is 9.15 Å². The van der Waals surface area contributed by atoms with Gasteiger partial charge in [0.1, 0.15) is 23.4 Å². The van der Waals surface area contributed by atoms with Crippen LogP contribution in [-0.4, -0.2) is 41.5 Å². The van der Waals surface area contributed by atoms with Gasteiger partial charge in [-0.25, -0.2) is 0 Å². The Kier molecular flexibility index (Phi) is 3.15. The molecule has 0 aliphatic carbocycles. The van der Waals surface area contributed by atoms with E-state index in [1.165, 1.54) is 35.0 Å². The fourth-order valence-corrected chi connectivity index (χ4v) is 5.76. The molecule has 0 radical (unpaired) electrons. The Morgan fingerprint density at radius 1 is 1.15 bits per heavy atom. The Balaban J connectivity index is 1.52. The number of hydrogen-bond acceptors (Lipinski definition) is 4. The predicted molar refractivity (Wildman–Crippen MR) is 104 cm³/mol. The van der Waals surface area contributed by atoms with Crippen LogP contribution in [0.1, 0.15) is 41.8 Å². The molecule has 4 aliphatic rings. The average molecular weight is 363 g/mol. The molecule has 0 unspecified atom stereocenters. The lowest BCUT2D eigenvalue weighted by atomic mass is 9.74. The Morgan fingerprint density at radius 3 is 2.74 bits per heavy atom. The lowest BCUT2D eigenvalue weighted by Gasteiger charge is -2.61. The van der Waals surface area contributed by atoms with Gasteiger partial charge in [-0.15, -0.1) is 0 Å². The number of benzene rings is 1. The van der Waals surface area contributed by atoms with E-state index < -0.39 is 0 Å². The number of nitrogens with one attached hydrogen (secondary N) is 1. The average Bonchev–Trinajstić information content (AvgIpc) is 3.30. The zero-order valence-electron chi connectivity index (χ0n) is 15.9. The maximum atomic E-state index is 6.09. The summed E-state index contributed by atoms with van der Waals surface area (Å²) in [7, 11) is 1.74. The van der Waals surface area contributed by atoms with E-state index in [1.807, 2.05) is 6.92 Å². The smallest absolute Gasteiger partial charge is 0.136 e. The van der Waals surface area contributed by atoms with Crippen molar-refractivity contribution in [2.24, 2.45) is 0 Å². The van der Waals surface area contributed by atoms with Crippen LogP contribution < -0.4 is 4.74 Å². The minimum Gasteiger partial charge on any atom is -0.497 e. The highest BCUT2D eigenvalue weighted by Crippen LogP contribution is 2.54. The molecule has 5 heteroatoms. The van der Waals surface area contributed by atoms with Gasteiger partial charge in [0.2, 0.25) is 0 Å². The Labute approximate surface area is 158 Å². The Morgan fingerprint density at radius 2 is 2.00 bits per heavy atom. The fraction of sp³-hybridized carbons (Fsp3) is 0.455. The lowest BCUT2D eigenvalue weighted by Crippen LogP contribution is -2.66. The van der Waals surface area contributed by atoms with Gasteiger partial charge in [0.05, 0.1) is 12.6 Å². The van der Waals surface area contributed by atoms with Crippen LogP contribution in [0.25, 0.3) is 10.9 Å². The number of hydrogen-bond donors (Lipinski definition) is 1. The minimum atomic E-state index is 0.0972. The van der Waals surface area contributed by atoms with Gasteiger partial charge in [-0.3, -0.25) is 9.80 Å². The van der Waals surface area contributed by atoms with Crippen LogP contribution in [0, 0.1) is 6.92 Å². The van der Waals surface area contributed by atoms with Crippen molar-refractivity contribution in [1.82, 2.24) is 14.8 Å². The van der Waals surface area contributed by atoms with Gasteiger partial charge in [0, 0.05) is 36.2 Å². The maximum Gasteiger partial charge on any atom is 0.136 e. The Hall–Kier alpha value is -2.24. The first-order chi connectivity index (χ1) is 13.2. The second kappa shape index (κ2) is 5.40. The normalized spacial score (nSPS) is 29.7. The Bertz CT molecular complexity index is 1030. The molecule has 5 nitrogen and oxygen atoms in total. The molecule has 140 valence electrons. The van der Waals surface area contributed by atoms with E-state index in [0.29, 0.717) is 0 Å². The minimum absolute atomic E-state index is 0.0972. The van der Waals surface area contributed by atoms with Crippen molar-refractivity contribution in [1.29, 1.82) is 0 Å². The molecular formula is C22H25N3O2. The molecule has 0 amide bonds. The number of furan rings is 1. The van der Waals surface area contributed by atoms with E-state index >= 15 is 0 Å². The molecule has 2 aromatic heterocycles. The van der Waals surface area contributed by atoms with Crippen LogP contribution in [-0.2, 0) is 12.0 Å². The van der Waals surface area contributed by atoms with Crippen molar-refractivity contribution in [2.45, 2.75) is 37.9 Å². The number of aromatic nitrogens is 1. The van der Waals surface area contributed by atoms with E-state index in [-0.39, 0.29) is 11.7 Å². The fourth-order valence-electron chi connectivity index (χ4n) is 5.76. The van der Waals surface area contributed by atoms with Gasteiger partial charge < -0.3 is 14.1 Å². The van der Waals surface area contributed by atoms with Crippen molar-refractivity contribution in [2.75, 3.05) is 26.7 Å². The van der Waals surface area contributed by atoms with Crippen LogP contribution in [0.3, 0.4) is 0 Å². The summed E-state index contributed by atoms with van der Waals surface area (Å²) in [5, 5.41) is 1.33. The third kappa shape index (κ3) is 2.01. The lowest BCUT2D eigenvalue weighted by molar-refractivity contribution is -0.155. The number of piperidine rings is 1. The molecular weight excluding hydrogens is 338 g/mol. The molecule has 27 heavy (non-hydrogen) atoms. The monoisotopic (exact) mass is 363 g/mol. The van der Waals surface area contributed by atoms with Gasteiger partial charge in [-0.05, 0) is 62.1 Å². The summed E-state index contributed by atoms with van der Waals surface area (Å²) in [6.45, 7) is 5.35. The summed E-state index contributed by atoms with van der Waals surface area (Å²) in [6, 6.07) is 10.7. The predicted octanol–water partition coefficient (Wildman–Crippen LogP) is 3.94.